The van der Waals surface area contributed by atoms with E-state index in [-0.39, 0.29) is 39.0 Å². The summed E-state index contributed by atoms with van der Waals surface area (Å²) in [6.07, 6.45) is -8.37. The predicted molar refractivity (Wildman–Crippen MR) is 303 cm³/mol. The summed E-state index contributed by atoms with van der Waals surface area (Å²) in [5.74, 6) is -4.08. The number of aliphatic hydroxyl groups is 5. The van der Waals surface area contributed by atoms with Crippen LogP contribution in [0.2, 0.25) is 0 Å². The molecule has 470 valence electrons. The fraction of sp³-hybridized carbons (Fsp3) is 0.780. The number of aliphatic hydroxyl groups excluding tert-OH is 4. The second-order valence-electron chi connectivity index (χ2n) is 23.8. The van der Waals surface area contributed by atoms with Crippen LogP contribution in [-0.2, 0) is 57.1 Å². The van der Waals surface area contributed by atoms with E-state index in [4.69, 9.17) is 47.5 Å². The minimum atomic E-state index is -1.99. The van der Waals surface area contributed by atoms with Crippen molar-refractivity contribution in [2.75, 3.05) is 79.6 Å². The van der Waals surface area contributed by atoms with Crippen molar-refractivity contribution in [3.8, 4) is 11.1 Å². The molecule has 83 heavy (non-hydrogen) atoms. The Labute approximate surface area is 488 Å². The Morgan fingerprint density at radius 2 is 1.57 bits per heavy atom. The average Bonchev–Trinajstić information content (AvgIpc) is 3.50. The molecular weight excluding hydrogens is 1080 g/mol. The predicted octanol–water partition coefficient (Wildman–Crippen LogP) is 4.09. The highest BCUT2D eigenvalue weighted by molar-refractivity contribution is 5.89. The number of likely N-dealkylation sites (N-methyl/N-ethyl adjacent to an activating group) is 1. The van der Waals surface area contributed by atoms with Crippen LogP contribution in [0.4, 0.5) is 10.3 Å². The Kier molecular flexibility index (Phi) is 24.6. The number of alkyl halides is 1. The number of rotatable bonds is 20. The van der Waals surface area contributed by atoms with Gasteiger partial charge in [0.05, 0.1) is 72.6 Å². The number of anilines is 1. The van der Waals surface area contributed by atoms with Gasteiger partial charge in [-0.2, -0.15) is 0 Å². The van der Waals surface area contributed by atoms with Gasteiger partial charge in [-0.05, 0) is 79.0 Å². The van der Waals surface area contributed by atoms with Crippen LogP contribution in [0.1, 0.15) is 113 Å². The molecule has 4 aliphatic rings. The van der Waals surface area contributed by atoms with Crippen molar-refractivity contribution in [3.05, 3.63) is 42.2 Å². The van der Waals surface area contributed by atoms with Crippen LogP contribution in [0.15, 0.2) is 41.8 Å². The second-order valence-corrected chi connectivity index (χ2v) is 23.8. The first-order valence-electron chi connectivity index (χ1n) is 29.1. The van der Waals surface area contributed by atoms with Crippen LogP contribution in [0, 0.1) is 23.7 Å². The normalized spacial score (nSPS) is 37.4. The number of benzene rings is 1. The molecule has 4 fully saturated rings. The second kappa shape index (κ2) is 30.0. The maximum Gasteiger partial charge on any atom is 0.311 e. The summed E-state index contributed by atoms with van der Waals surface area (Å²) in [5, 5.41) is 66.2. The van der Waals surface area contributed by atoms with Gasteiger partial charge >= 0.3 is 5.97 Å². The van der Waals surface area contributed by atoms with Crippen molar-refractivity contribution < 1.29 is 87.0 Å². The number of esters is 1. The average molecular weight is 1180 g/mol. The molecule has 0 saturated carbocycles. The van der Waals surface area contributed by atoms with E-state index in [9.17, 15) is 39.5 Å². The molecule has 4 aliphatic heterocycles. The highest BCUT2D eigenvalue weighted by Crippen LogP contribution is 2.42. The van der Waals surface area contributed by atoms with E-state index in [0.717, 1.165) is 11.1 Å². The van der Waals surface area contributed by atoms with Crippen LogP contribution < -0.4 is 10.2 Å². The molecule has 0 spiro atoms. The molecule has 0 radical (unpaired) electrons. The first-order valence-corrected chi connectivity index (χ1v) is 29.1. The van der Waals surface area contributed by atoms with Gasteiger partial charge in [-0.3, -0.25) is 9.59 Å². The van der Waals surface area contributed by atoms with Gasteiger partial charge in [-0.15, -0.1) is 0 Å². The van der Waals surface area contributed by atoms with Gasteiger partial charge in [0.15, 0.2) is 12.6 Å². The summed E-state index contributed by atoms with van der Waals surface area (Å²) >= 11 is 0. The number of nitrogens with zero attached hydrogens (tertiary/aromatic N) is 5. The zero-order valence-corrected chi connectivity index (χ0v) is 51.0. The summed E-state index contributed by atoms with van der Waals surface area (Å²) < 4.78 is 70.4. The Hall–Kier alpha value is -4.12. The summed E-state index contributed by atoms with van der Waals surface area (Å²) in [6, 6.07) is 5.01. The molecule has 0 aliphatic carbocycles. The van der Waals surface area contributed by atoms with Crippen molar-refractivity contribution >= 4 is 23.5 Å². The molecule has 6 N–H and O–H groups in total. The van der Waals surface area contributed by atoms with E-state index < -0.39 is 139 Å². The first-order chi connectivity index (χ1) is 39.3. The molecule has 24 heteroatoms. The zero-order valence-electron chi connectivity index (χ0n) is 51.0. The van der Waals surface area contributed by atoms with E-state index in [0.29, 0.717) is 49.9 Å². The highest BCUT2D eigenvalue weighted by Gasteiger charge is 2.54. The smallest absolute Gasteiger partial charge is 0.311 e. The van der Waals surface area contributed by atoms with Crippen molar-refractivity contribution in [2.45, 2.75) is 198 Å². The summed E-state index contributed by atoms with van der Waals surface area (Å²) in [5.41, 5.74) is -2.17. The number of nitrogens with one attached hydrogen (secondary N) is 1. The van der Waals surface area contributed by atoms with Gasteiger partial charge < -0.3 is 88.1 Å². The number of morpholine rings is 1. The number of ether oxygens (including phenoxy) is 9. The van der Waals surface area contributed by atoms with Crippen LogP contribution in [-0.4, -0.2) is 223 Å². The standard InChI is InChI=1S/C59H95FN6O17/c1-15-44-59(10,73)51(70)35(4)47(64-78-32-74-12)33(2)27-58(9,76-14)53(36(5)50(37(6)54(72)81-44)82-46-28-57(8,75-13)52(71)38(7)80-46)83-55-49(69)43(26-34(3)79-55)65(11)21-20-45(67)63-42(29-60)48(68)40-18-16-39(17-19-40)41-30-61-56(62-31-41)66-22-24-77-25-23-66/h16-19,30-31,33-38,42-44,46,48-53,55,68-71,73H,15,20-29,32H2,1-14H3,(H,63,67)/b64-47-/t33-,34-,35+,36+,37-,38+,42-,43+,44-,46+,48-,49-,50+,51-,52+,53-,55+,57?,58?,59?/m1/s1. The molecule has 20 atom stereocenters. The van der Waals surface area contributed by atoms with E-state index in [1.54, 1.807) is 78.3 Å². The Balaban J connectivity index is 1.24. The Morgan fingerprint density at radius 1 is 0.916 bits per heavy atom. The monoisotopic (exact) mass is 1180 g/mol. The summed E-state index contributed by atoms with van der Waals surface area (Å²) in [7, 11) is 6.18. The molecule has 2 aromatic rings. The van der Waals surface area contributed by atoms with Crippen molar-refractivity contribution in [1.29, 1.82) is 0 Å². The van der Waals surface area contributed by atoms with Gasteiger partial charge in [-0.25, -0.2) is 14.4 Å². The third-order valence-electron chi connectivity index (χ3n) is 17.7. The van der Waals surface area contributed by atoms with E-state index >= 15 is 0 Å². The van der Waals surface area contributed by atoms with Crippen LogP contribution in [0.3, 0.4) is 0 Å². The minimum absolute atomic E-state index is 0.0572. The largest absolute Gasteiger partial charge is 0.459 e. The number of amides is 1. The van der Waals surface area contributed by atoms with Gasteiger partial charge in [0.2, 0.25) is 18.6 Å². The van der Waals surface area contributed by atoms with Crippen molar-refractivity contribution in [2.24, 2.45) is 28.8 Å². The van der Waals surface area contributed by atoms with Crippen LogP contribution in [0.25, 0.3) is 11.1 Å². The lowest BCUT2D eigenvalue weighted by atomic mass is 9.73. The molecule has 1 amide bonds. The molecule has 4 saturated heterocycles. The third kappa shape index (κ3) is 16.3. The van der Waals surface area contributed by atoms with Crippen LogP contribution in [0.5, 0.6) is 0 Å². The maximum absolute atomic E-state index is 14.7. The molecule has 5 heterocycles. The fourth-order valence-corrected chi connectivity index (χ4v) is 12.3. The quantitative estimate of drug-likeness (QED) is 0.0471. The Bertz CT molecular complexity index is 2380. The number of hydrogen-bond acceptors (Lipinski definition) is 22. The molecule has 1 aromatic heterocycles. The lowest BCUT2D eigenvalue weighted by molar-refractivity contribution is -0.319. The first kappa shape index (κ1) is 68.0. The Morgan fingerprint density at radius 3 is 2.17 bits per heavy atom. The molecule has 6 rings (SSSR count). The molecular formula is C59H95FN6O17. The number of carbonyl (C=O) groups excluding carboxylic acids is 2. The zero-order chi connectivity index (χ0) is 61.1. The summed E-state index contributed by atoms with van der Waals surface area (Å²) in [6.45, 7) is 18.7. The highest BCUT2D eigenvalue weighted by atomic mass is 19.1. The number of carbonyl (C=O) groups is 2. The lowest BCUT2D eigenvalue weighted by Gasteiger charge is -2.50. The van der Waals surface area contributed by atoms with Gasteiger partial charge in [0, 0.05) is 95.6 Å². The van der Waals surface area contributed by atoms with Crippen molar-refractivity contribution in [3.63, 3.8) is 0 Å². The maximum atomic E-state index is 14.7. The molecule has 23 nitrogen and oxygen atoms in total. The number of oxime groups is 1. The SMILES string of the molecule is CC[C@H]1OC(=O)[C@H](C)[C@@H](O[C@H]2CC(C)(OC)[C@@H](O)[C@H](C)O2)[C@H](C)[C@@H](O[C@@H]2O[C@H](C)C[C@H](N(C)CCC(=O)N[C@H](CF)[C@H](O)c3ccc(-c4cnc(N5CCOCC5)nc4)cc3)[C@H]2O)C(C)(OC)C[C@@H](C)/C(=N/OCOC)[C@H](C)[C@@H](O)C1(C)O. The number of cyclic esters (lactones) is 1. The third-order valence-corrected chi connectivity index (χ3v) is 17.7. The number of halogens is 1. The van der Waals surface area contributed by atoms with E-state index in [2.05, 4.69) is 25.3 Å². The lowest BCUT2D eigenvalue weighted by Crippen LogP contribution is -2.61. The van der Waals surface area contributed by atoms with Gasteiger partial charge in [0.25, 0.3) is 0 Å². The number of aromatic nitrogens is 2. The topological polar surface area (TPSA) is 284 Å². The fourth-order valence-electron chi connectivity index (χ4n) is 12.3. The number of methoxy groups -OCH3 is 3. The van der Waals surface area contributed by atoms with Gasteiger partial charge in [0.1, 0.15) is 36.7 Å². The summed E-state index contributed by atoms with van der Waals surface area (Å²) in [4.78, 5) is 46.7. The van der Waals surface area contributed by atoms with Crippen LogP contribution >= 0.6 is 0 Å². The van der Waals surface area contributed by atoms with E-state index in [1.165, 1.54) is 28.3 Å². The minimum Gasteiger partial charge on any atom is -0.459 e. The molecule has 1 aromatic carbocycles. The van der Waals surface area contributed by atoms with Crippen molar-refractivity contribution in [1.82, 2.24) is 20.2 Å². The molecule has 0 bridgehead atoms. The van der Waals surface area contributed by atoms with E-state index in [1.807, 2.05) is 32.6 Å². The van der Waals surface area contributed by atoms with Gasteiger partial charge in [-0.1, -0.05) is 57.1 Å². The number of hydrogen-bond donors (Lipinski definition) is 6. The molecule has 3 unspecified atom stereocenters.